The summed E-state index contributed by atoms with van der Waals surface area (Å²) in [6.07, 6.45) is 4.59. The lowest BCUT2D eigenvalue weighted by Crippen LogP contribution is -2.43. The predicted molar refractivity (Wildman–Crippen MR) is 101 cm³/mol. The molecule has 3 heterocycles. The third-order valence-electron chi connectivity index (χ3n) is 4.70. The van der Waals surface area contributed by atoms with Crippen LogP contribution in [0, 0.1) is 0 Å². The Morgan fingerprint density at radius 1 is 1.25 bits per heavy atom. The molecule has 0 spiro atoms. The number of amidine groups is 1. The lowest BCUT2D eigenvalue weighted by Gasteiger charge is -2.27. The molecule has 0 bridgehead atoms. The Kier molecular flexibility index (Phi) is 5.62. The van der Waals surface area contributed by atoms with Crippen molar-refractivity contribution in [3.63, 3.8) is 0 Å². The van der Waals surface area contributed by atoms with E-state index in [2.05, 4.69) is 4.40 Å². The fourth-order valence-electron chi connectivity index (χ4n) is 3.27. The minimum atomic E-state index is -3.48. The number of hydrogen-bond donors (Lipinski definition) is 0. The lowest BCUT2D eigenvalue weighted by molar-refractivity contribution is -0.149. The highest BCUT2D eigenvalue weighted by molar-refractivity contribution is 7.91. The van der Waals surface area contributed by atoms with Crippen LogP contribution in [0.1, 0.15) is 13.3 Å². The highest BCUT2D eigenvalue weighted by atomic mass is 32.2. The summed E-state index contributed by atoms with van der Waals surface area (Å²) in [5, 5.41) is 0. The summed E-state index contributed by atoms with van der Waals surface area (Å²) in [5.74, 6) is -1.14. The maximum Gasteiger partial charge on any atom is 0.340 e. The molecule has 0 aromatic rings. The summed E-state index contributed by atoms with van der Waals surface area (Å²) in [5.41, 5.74) is 0.164. The number of amides is 1. The summed E-state index contributed by atoms with van der Waals surface area (Å²) in [6, 6.07) is -0.399. The minimum Gasteiger partial charge on any atom is -0.452 e. The standard InChI is InChI=1S/C16H21N3O7S2/c1-2-19(13-5-7-27(22,23)11-13)15(20)10-26-16(21)12-3-4-14-17-28(24,25)8-6-18(14)9-12/h3-4,9,13H,2,5-8,10-11H2,1H3. The highest BCUT2D eigenvalue weighted by Gasteiger charge is 2.34. The summed E-state index contributed by atoms with van der Waals surface area (Å²) >= 11 is 0. The van der Waals surface area contributed by atoms with E-state index in [9.17, 15) is 26.4 Å². The zero-order valence-corrected chi connectivity index (χ0v) is 16.9. The number of likely N-dealkylation sites (N-methyl/N-ethyl adjacent to an activating group) is 1. The van der Waals surface area contributed by atoms with Crippen LogP contribution in [0.15, 0.2) is 28.3 Å². The third kappa shape index (κ3) is 4.61. The summed E-state index contributed by atoms with van der Waals surface area (Å²) in [4.78, 5) is 27.6. The third-order valence-corrected chi connectivity index (χ3v) is 7.61. The average molecular weight is 431 g/mol. The predicted octanol–water partition coefficient (Wildman–Crippen LogP) is -0.937. The van der Waals surface area contributed by atoms with Crippen LogP contribution in [0.5, 0.6) is 0 Å². The molecule has 1 saturated heterocycles. The van der Waals surface area contributed by atoms with Gasteiger partial charge in [-0.1, -0.05) is 0 Å². The number of rotatable bonds is 5. The fourth-order valence-corrected chi connectivity index (χ4v) is 5.97. The lowest BCUT2D eigenvalue weighted by atomic mass is 10.2. The highest BCUT2D eigenvalue weighted by Crippen LogP contribution is 2.19. The molecular weight excluding hydrogens is 410 g/mol. The Bertz CT molecular complexity index is 980. The van der Waals surface area contributed by atoms with Crippen molar-refractivity contribution in [1.82, 2.24) is 9.80 Å². The molecular formula is C16H21N3O7S2. The van der Waals surface area contributed by atoms with E-state index in [1.54, 1.807) is 6.92 Å². The Labute approximate surface area is 163 Å². The molecule has 1 amide bonds. The van der Waals surface area contributed by atoms with Crippen molar-refractivity contribution in [2.75, 3.05) is 37.0 Å². The van der Waals surface area contributed by atoms with Gasteiger partial charge in [0.15, 0.2) is 16.4 Å². The smallest absolute Gasteiger partial charge is 0.340 e. The van der Waals surface area contributed by atoms with E-state index in [-0.39, 0.29) is 35.2 Å². The molecule has 28 heavy (non-hydrogen) atoms. The summed E-state index contributed by atoms with van der Waals surface area (Å²) < 4.78 is 54.9. The van der Waals surface area contributed by atoms with E-state index in [1.807, 2.05) is 0 Å². The molecule has 1 fully saturated rings. The van der Waals surface area contributed by atoms with Crippen LogP contribution in [-0.4, -0.2) is 87.3 Å². The van der Waals surface area contributed by atoms with Crippen molar-refractivity contribution >= 4 is 37.6 Å². The molecule has 0 N–H and O–H groups in total. The van der Waals surface area contributed by atoms with Crippen LogP contribution in [0.25, 0.3) is 0 Å². The van der Waals surface area contributed by atoms with Gasteiger partial charge in [-0.2, -0.15) is 0 Å². The first kappa shape index (κ1) is 20.5. The second-order valence-corrected chi connectivity index (χ2v) is 10.6. The van der Waals surface area contributed by atoms with Gasteiger partial charge >= 0.3 is 5.97 Å². The van der Waals surface area contributed by atoms with Gasteiger partial charge in [0.25, 0.3) is 15.9 Å². The molecule has 12 heteroatoms. The van der Waals surface area contributed by atoms with Gasteiger partial charge in [-0.15, -0.1) is 4.40 Å². The number of hydrogen-bond acceptors (Lipinski definition) is 8. The Balaban J connectivity index is 1.59. The first-order valence-electron chi connectivity index (χ1n) is 8.76. The molecule has 0 saturated carbocycles. The fraction of sp³-hybridized carbons (Fsp3) is 0.562. The zero-order chi connectivity index (χ0) is 20.5. The van der Waals surface area contributed by atoms with Gasteiger partial charge in [0.2, 0.25) is 0 Å². The van der Waals surface area contributed by atoms with Crippen molar-refractivity contribution in [3.8, 4) is 0 Å². The molecule has 3 aliphatic heterocycles. The monoisotopic (exact) mass is 431 g/mol. The first-order valence-corrected chi connectivity index (χ1v) is 12.2. The molecule has 3 rings (SSSR count). The van der Waals surface area contributed by atoms with Gasteiger partial charge in [-0.3, -0.25) is 4.79 Å². The SMILES string of the molecule is CCN(C(=O)COC(=O)C1=CN2CCS(=O)(=O)N=C2C=C1)C1CCS(=O)(=O)C1. The second-order valence-electron chi connectivity index (χ2n) is 6.66. The first-order chi connectivity index (χ1) is 13.1. The summed E-state index contributed by atoms with van der Waals surface area (Å²) in [7, 11) is -6.62. The van der Waals surface area contributed by atoms with E-state index in [0.717, 1.165) is 0 Å². The summed E-state index contributed by atoms with van der Waals surface area (Å²) in [6.45, 7) is 1.73. The molecule has 10 nitrogen and oxygen atoms in total. The van der Waals surface area contributed by atoms with Gasteiger partial charge in [0.1, 0.15) is 5.84 Å². The number of nitrogens with zero attached hydrogens (tertiary/aromatic N) is 3. The van der Waals surface area contributed by atoms with Gasteiger partial charge in [0.05, 0.1) is 22.8 Å². The van der Waals surface area contributed by atoms with Gasteiger partial charge < -0.3 is 14.5 Å². The van der Waals surface area contributed by atoms with Crippen LogP contribution in [0.3, 0.4) is 0 Å². The van der Waals surface area contributed by atoms with Crippen molar-refractivity contribution in [2.45, 2.75) is 19.4 Å². The molecule has 3 aliphatic rings. The number of carbonyl (C=O) groups is 2. The van der Waals surface area contributed by atoms with Crippen LogP contribution in [0.2, 0.25) is 0 Å². The van der Waals surface area contributed by atoms with Gasteiger partial charge in [-0.05, 0) is 25.5 Å². The topological polar surface area (TPSA) is 130 Å². The Morgan fingerprint density at radius 2 is 2.00 bits per heavy atom. The second kappa shape index (κ2) is 7.66. The number of fused-ring (bicyclic) bond motifs is 1. The minimum absolute atomic E-state index is 0.0500. The van der Waals surface area contributed by atoms with Crippen LogP contribution >= 0.6 is 0 Å². The van der Waals surface area contributed by atoms with E-state index in [0.29, 0.717) is 13.0 Å². The molecule has 0 aliphatic carbocycles. The number of sulfonamides is 1. The molecule has 154 valence electrons. The number of esters is 1. The van der Waals surface area contributed by atoms with Crippen molar-refractivity contribution in [2.24, 2.45) is 4.40 Å². The average Bonchev–Trinajstić information content (AvgIpc) is 2.98. The number of ether oxygens (including phenoxy) is 1. The number of sulfone groups is 1. The molecule has 0 radical (unpaired) electrons. The maximum absolute atomic E-state index is 12.4. The van der Waals surface area contributed by atoms with E-state index in [1.165, 1.54) is 28.2 Å². The molecule has 0 aromatic carbocycles. The largest absolute Gasteiger partial charge is 0.452 e. The van der Waals surface area contributed by atoms with Gasteiger partial charge in [-0.25, -0.2) is 21.6 Å². The number of carbonyl (C=O) groups excluding carboxylic acids is 2. The van der Waals surface area contributed by atoms with Crippen LogP contribution in [0.4, 0.5) is 0 Å². The normalized spacial score (nSPS) is 24.8. The van der Waals surface area contributed by atoms with E-state index < -0.39 is 44.4 Å². The Hall–Kier alpha value is -2.21. The van der Waals surface area contributed by atoms with Gasteiger partial charge in [0, 0.05) is 25.3 Å². The van der Waals surface area contributed by atoms with Crippen molar-refractivity contribution < 1.29 is 31.2 Å². The van der Waals surface area contributed by atoms with Crippen molar-refractivity contribution in [3.05, 3.63) is 23.9 Å². The maximum atomic E-state index is 12.4. The zero-order valence-electron chi connectivity index (χ0n) is 15.3. The quantitative estimate of drug-likeness (QED) is 0.510. The Morgan fingerprint density at radius 3 is 2.64 bits per heavy atom. The van der Waals surface area contributed by atoms with Crippen LogP contribution < -0.4 is 0 Å². The molecule has 1 unspecified atom stereocenters. The molecule has 1 atom stereocenters. The van der Waals surface area contributed by atoms with E-state index in [4.69, 9.17) is 4.74 Å². The molecule has 0 aromatic heterocycles. The van der Waals surface area contributed by atoms with Crippen LogP contribution in [-0.2, 0) is 34.2 Å². The van der Waals surface area contributed by atoms with Crippen molar-refractivity contribution in [1.29, 1.82) is 0 Å². The van der Waals surface area contributed by atoms with E-state index >= 15 is 0 Å².